The summed E-state index contributed by atoms with van der Waals surface area (Å²) in [6.45, 7) is 11.1. The Bertz CT molecular complexity index is 1120. The maximum Gasteiger partial charge on any atom is 0.321 e. The number of benzene rings is 2. The second-order valence-corrected chi connectivity index (χ2v) is 8.78. The number of hydrogen-bond acceptors (Lipinski definition) is 4. The highest BCUT2D eigenvalue weighted by molar-refractivity contribution is 5.89. The first-order valence-electron chi connectivity index (χ1n) is 11.7. The maximum atomic E-state index is 12.8. The van der Waals surface area contributed by atoms with Crippen LogP contribution in [0, 0.1) is 20.8 Å². The highest BCUT2D eigenvalue weighted by Crippen LogP contribution is 2.25. The molecule has 6 nitrogen and oxygen atoms in total. The number of nitrogens with zero attached hydrogens (tertiary/aromatic N) is 4. The van der Waals surface area contributed by atoms with E-state index in [9.17, 15) is 4.79 Å². The van der Waals surface area contributed by atoms with Gasteiger partial charge in [0.25, 0.3) is 0 Å². The van der Waals surface area contributed by atoms with E-state index >= 15 is 0 Å². The van der Waals surface area contributed by atoms with Gasteiger partial charge in [-0.2, -0.15) is 0 Å². The van der Waals surface area contributed by atoms with Gasteiger partial charge in [-0.25, -0.2) is 14.8 Å². The average molecular weight is 444 g/mol. The van der Waals surface area contributed by atoms with Gasteiger partial charge in [-0.05, 0) is 50.5 Å². The molecule has 1 aliphatic heterocycles. The zero-order chi connectivity index (χ0) is 23.4. The summed E-state index contributed by atoms with van der Waals surface area (Å²) in [6, 6.07) is 16.6. The van der Waals surface area contributed by atoms with Gasteiger partial charge >= 0.3 is 6.03 Å². The number of aromatic nitrogens is 2. The molecule has 0 radical (unpaired) electrons. The van der Waals surface area contributed by atoms with Gasteiger partial charge in [0.05, 0.1) is 0 Å². The van der Waals surface area contributed by atoms with Crippen molar-refractivity contribution in [2.24, 2.45) is 0 Å². The molecule has 1 N–H and O–H groups in total. The molecular formula is C27H33N5O. The van der Waals surface area contributed by atoms with E-state index in [4.69, 9.17) is 4.98 Å². The van der Waals surface area contributed by atoms with Crippen molar-refractivity contribution < 1.29 is 4.79 Å². The third-order valence-corrected chi connectivity index (χ3v) is 6.25. The lowest BCUT2D eigenvalue weighted by molar-refractivity contribution is 0.208. The molecule has 0 saturated carbocycles. The molecule has 0 unspecified atom stereocenters. The third-order valence-electron chi connectivity index (χ3n) is 6.25. The average Bonchev–Trinajstić information content (AvgIpc) is 2.81. The molecule has 6 heteroatoms. The fourth-order valence-electron chi connectivity index (χ4n) is 4.36. The summed E-state index contributed by atoms with van der Waals surface area (Å²) >= 11 is 0. The molecule has 1 aliphatic rings. The lowest BCUT2D eigenvalue weighted by Gasteiger charge is -2.36. The molecule has 2 amide bonds. The first-order chi connectivity index (χ1) is 15.9. The van der Waals surface area contributed by atoms with E-state index < -0.39 is 0 Å². The zero-order valence-electron chi connectivity index (χ0n) is 20.1. The van der Waals surface area contributed by atoms with Crippen LogP contribution in [-0.4, -0.2) is 47.1 Å². The number of anilines is 2. The zero-order valence-corrected chi connectivity index (χ0v) is 20.1. The van der Waals surface area contributed by atoms with Crippen molar-refractivity contribution in [1.29, 1.82) is 0 Å². The lowest BCUT2D eigenvalue weighted by Crippen LogP contribution is -2.50. The molecule has 4 rings (SSSR count). The molecule has 0 spiro atoms. The monoisotopic (exact) mass is 443 g/mol. The Morgan fingerprint density at radius 3 is 2.33 bits per heavy atom. The van der Waals surface area contributed by atoms with Crippen LogP contribution >= 0.6 is 0 Å². The van der Waals surface area contributed by atoms with E-state index in [1.54, 1.807) is 0 Å². The number of nitrogens with one attached hydrogen (secondary N) is 1. The fourth-order valence-corrected chi connectivity index (χ4v) is 4.36. The van der Waals surface area contributed by atoms with Gasteiger partial charge in [-0.3, -0.25) is 0 Å². The van der Waals surface area contributed by atoms with Crippen molar-refractivity contribution in [3.05, 3.63) is 82.3 Å². The number of piperazine rings is 1. The first kappa shape index (κ1) is 22.8. The summed E-state index contributed by atoms with van der Waals surface area (Å²) in [4.78, 5) is 26.4. The number of rotatable bonds is 5. The van der Waals surface area contributed by atoms with E-state index in [2.05, 4.69) is 72.4 Å². The largest absolute Gasteiger partial charge is 0.353 e. The molecule has 0 aliphatic carbocycles. The van der Waals surface area contributed by atoms with Gasteiger partial charge in [0.1, 0.15) is 11.6 Å². The van der Waals surface area contributed by atoms with Crippen molar-refractivity contribution in [1.82, 2.24) is 14.9 Å². The topological polar surface area (TPSA) is 61.4 Å². The molecule has 3 aromatic rings. The molecule has 1 aromatic heterocycles. The molecule has 0 atom stereocenters. The van der Waals surface area contributed by atoms with Gasteiger partial charge in [0, 0.05) is 49.5 Å². The third kappa shape index (κ3) is 5.51. The predicted octanol–water partition coefficient (Wildman–Crippen LogP) is 4.91. The van der Waals surface area contributed by atoms with E-state index in [0.717, 1.165) is 49.0 Å². The van der Waals surface area contributed by atoms with Crippen LogP contribution in [0.3, 0.4) is 0 Å². The molecule has 2 aromatic carbocycles. The maximum absolute atomic E-state index is 12.8. The minimum atomic E-state index is -0.0473. The van der Waals surface area contributed by atoms with Crippen molar-refractivity contribution in [3.8, 4) is 0 Å². The van der Waals surface area contributed by atoms with Gasteiger partial charge in [-0.15, -0.1) is 0 Å². The van der Waals surface area contributed by atoms with Gasteiger partial charge in [0.15, 0.2) is 0 Å². The van der Waals surface area contributed by atoms with Crippen molar-refractivity contribution in [2.45, 2.75) is 40.5 Å². The Morgan fingerprint density at radius 2 is 1.67 bits per heavy atom. The minimum Gasteiger partial charge on any atom is -0.353 e. The Hall–Kier alpha value is -3.41. The Kier molecular flexibility index (Phi) is 6.92. The highest BCUT2D eigenvalue weighted by atomic mass is 16.2. The normalized spacial score (nSPS) is 13.8. The van der Waals surface area contributed by atoms with Gasteiger partial charge in [-0.1, -0.05) is 48.9 Å². The summed E-state index contributed by atoms with van der Waals surface area (Å²) in [5.41, 5.74) is 6.80. The van der Waals surface area contributed by atoms with Crippen LogP contribution in [0.25, 0.3) is 0 Å². The number of carbonyl (C=O) groups is 1. The van der Waals surface area contributed by atoms with Crippen LogP contribution in [0.15, 0.2) is 48.5 Å². The molecule has 1 fully saturated rings. The highest BCUT2D eigenvalue weighted by Gasteiger charge is 2.25. The van der Waals surface area contributed by atoms with E-state index in [0.29, 0.717) is 13.1 Å². The molecule has 2 heterocycles. The number of aryl methyl sites for hydroxylation is 4. The van der Waals surface area contributed by atoms with Gasteiger partial charge in [0.2, 0.25) is 0 Å². The SMILES string of the molecule is CCc1ccc(NC(=O)N2CCN(c3nc(C)nc(C)c3Cc3cccc(C)c3)CC2)cc1. The van der Waals surface area contributed by atoms with E-state index in [1.165, 1.54) is 22.3 Å². The summed E-state index contributed by atoms with van der Waals surface area (Å²) in [5.74, 6) is 1.78. The summed E-state index contributed by atoms with van der Waals surface area (Å²) in [5, 5.41) is 3.03. The van der Waals surface area contributed by atoms with Crippen molar-refractivity contribution in [3.63, 3.8) is 0 Å². The van der Waals surface area contributed by atoms with E-state index in [1.807, 2.05) is 24.0 Å². The quantitative estimate of drug-likeness (QED) is 0.609. The second kappa shape index (κ2) is 10.0. The number of urea groups is 1. The number of carbonyl (C=O) groups excluding carboxylic acids is 1. The van der Waals surface area contributed by atoms with Crippen LogP contribution in [0.1, 0.15) is 40.7 Å². The Morgan fingerprint density at radius 1 is 0.939 bits per heavy atom. The molecule has 1 saturated heterocycles. The number of amides is 2. The summed E-state index contributed by atoms with van der Waals surface area (Å²) < 4.78 is 0. The first-order valence-corrected chi connectivity index (χ1v) is 11.7. The molecular weight excluding hydrogens is 410 g/mol. The number of hydrogen-bond donors (Lipinski definition) is 1. The van der Waals surface area contributed by atoms with Gasteiger partial charge < -0.3 is 15.1 Å². The molecule has 172 valence electrons. The molecule has 33 heavy (non-hydrogen) atoms. The van der Waals surface area contributed by atoms with Crippen LogP contribution in [0.4, 0.5) is 16.3 Å². The summed E-state index contributed by atoms with van der Waals surface area (Å²) in [7, 11) is 0. The van der Waals surface area contributed by atoms with Crippen LogP contribution < -0.4 is 10.2 Å². The standard InChI is InChI=1S/C27H33N5O/c1-5-22-9-11-24(12-10-22)30-27(33)32-15-13-31(14-16-32)26-25(20(3)28-21(4)29-26)18-23-8-6-7-19(2)17-23/h6-12,17H,5,13-16,18H2,1-4H3,(H,30,33). The fraction of sp³-hybridized carbons (Fsp3) is 0.370. The minimum absolute atomic E-state index is 0.0473. The smallest absolute Gasteiger partial charge is 0.321 e. The van der Waals surface area contributed by atoms with E-state index in [-0.39, 0.29) is 6.03 Å². The van der Waals surface area contributed by atoms with Crippen molar-refractivity contribution in [2.75, 3.05) is 36.4 Å². The predicted molar refractivity (Wildman–Crippen MR) is 134 cm³/mol. The van der Waals surface area contributed by atoms with Crippen LogP contribution in [0.5, 0.6) is 0 Å². The second-order valence-electron chi connectivity index (χ2n) is 8.78. The molecule has 0 bridgehead atoms. The Balaban J connectivity index is 1.45. The van der Waals surface area contributed by atoms with Crippen LogP contribution in [-0.2, 0) is 12.8 Å². The lowest BCUT2D eigenvalue weighted by atomic mass is 10.0. The Labute approximate surface area is 196 Å². The van der Waals surface area contributed by atoms with Crippen LogP contribution in [0.2, 0.25) is 0 Å². The summed E-state index contributed by atoms with van der Waals surface area (Å²) in [6.07, 6.45) is 1.79. The van der Waals surface area contributed by atoms with Crippen molar-refractivity contribution >= 4 is 17.5 Å².